The lowest BCUT2D eigenvalue weighted by atomic mass is 10.7. The van der Waals surface area contributed by atoms with Crippen molar-refractivity contribution in [2.24, 2.45) is 0 Å². The van der Waals surface area contributed by atoms with Crippen molar-refractivity contribution in [1.82, 2.24) is 0 Å². The molecule has 0 bridgehead atoms. The first-order valence-electron chi connectivity index (χ1n) is 2.92. The van der Waals surface area contributed by atoms with Crippen molar-refractivity contribution in [2.45, 2.75) is 0 Å². The molecular formula is C6H9O5. The molecule has 0 rings (SSSR count). The smallest absolute Gasteiger partial charge is 0.344 e. The second kappa shape index (κ2) is 5.67. The van der Waals surface area contributed by atoms with Gasteiger partial charge in [-0.25, -0.2) is 4.79 Å². The number of rotatable bonds is 4. The van der Waals surface area contributed by atoms with Crippen LogP contribution in [0.4, 0.5) is 0 Å². The highest BCUT2D eigenvalue weighted by Gasteiger charge is 2.03. The normalized spacial score (nSPS) is 8.91. The van der Waals surface area contributed by atoms with E-state index in [1.165, 1.54) is 0 Å². The van der Waals surface area contributed by atoms with Gasteiger partial charge < -0.3 is 14.6 Å². The van der Waals surface area contributed by atoms with Crippen molar-refractivity contribution < 1.29 is 24.2 Å². The Morgan fingerprint density at radius 3 is 2.45 bits per heavy atom. The summed E-state index contributed by atoms with van der Waals surface area (Å²) in [6.45, 7) is 2.08. The third kappa shape index (κ3) is 6.79. The summed E-state index contributed by atoms with van der Waals surface area (Å²) in [4.78, 5) is 20.5. The first-order valence-corrected chi connectivity index (χ1v) is 2.92. The molecule has 0 aromatic rings. The van der Waals surface area contributed by atoms with Crippen molar-refractivity contribution in [1.29, 1.82) is 0 Å². The van der Waals surface area contributed by atoms with Gasteiger partial charge in [0.2, 0.25) is 0 Å². The number of aliphatic hydroxyl groups excluding tert-OH is 1. The molecule has 0 aliphatic carbocycles. The summed E-state index contributed by atoms with van der Waals surface area (Å²) in [6.07, 6.45) is 0. The Morgan fingerprint density at radius 2 is 2.00 bits per heavy atom. The van der Waals surface area contributed by atoms with Crippen molar-refractivity contribution >= 4 is 11.9 Å². The Balaban J connectivity index is 3.30. The summed E-state index contributed by atoms with van der Waals surface area (Å²) in [5.74, 6) is -1.48. The van der Waals surface area contributed by atoms with Gasteiger partial charge in [-0.2, -0.15) is 0 Å². The molecule has 11 heavy (non-hydrogen) atoms. The molecule has 1 radical (unpaired) electrons. The predicted octanol–water partition coefficient (Wildman–Crippen LogP) is -1.10. The van der Waals surface area contributed by atoms with Gasteiger partial charge in [0.05, 0.1) is 13.5 Å². The number of carbonyl (C=O) groups is 2. The molecule has 0 aliphatic rings. The zero-order valence-electron chi connectivity index (χ0n) is 5.91. The Morgan fingerprint density at radius 1 is 1.36 bits per heavy atom. The van der Waals surface area contributed by atoms with Crippen LogP contribution in [0.25, 0.3) is 0 Å². The number of hydrogen-bond donors (Lipinski definition) is 1. The van der Waals surface area contributed by atoms with Gasteiger partial charge in [0.25, 0.3) is 0 Å². The highest BCUT2D eigenvalue weighted by molar-refractivity contribution is 5.78. The second-order valence-electron chi connectivity index (χ2n) is 1.60. The lowest BCUT2D eigenvalue weighted by molar-refractivity contribution is -0.156. The molecule has 0 amide bonds. The Labute approximate surface area is 63.9 Å². The minimum atomic E-state index is -0.786. The Hall–Kier alpha value is -1.10. The van der Waals surface area contributed by atoms with E-state index in [-0.39, 0.29) is 13.2 Å². The van der Waals surface area contributed by atoms with Gasteiger partial charge in [0.1, 0.15) is 6.61 Å². The molecule has 0 saturated carbocycles. The summed E-state index contributed by atoms with van der Waals surface area (Å²) in [5.41, 5.74) is 0. The van der Waals surface area contributed by atoms with Crippen LogP contribution in [0.1, 0.15) is 0 Å². The van der Waals surface area contributed by atoms with E-state index in [2.05, 4.69) is 16.4 Å². The summed E-state index contributed by atoms with van der Waals surface area (Å²) in [5, 5.41) is 8.20. The second-order valence-corrected chi connectivity index (χ2v) is 1.60. The fraction of sp³-hybridized carbons (Fsp3) is 0.500. The number of carbonyl (C=O) groups excluding carboxylic acids is 2. The maximum absolute atomic E-state index is 10.5. The van der Waals surface area contributed by atoms with Crippen LogP contribution < -0.4 is 0 Å². The van der Waals surface area contributed by atoms with Crippen molar-refractivity contribution in [3.05, 3.63) is 6.92 Å². The molecule has 1 N–H and O–H groups in total. The highest BCUT2D eigenvalue weighted by Crippen LogP contribution is 1.81. The molecule has 5 nitrogen and oxygen atoms in total. The van der Waals surface area contributed by atoms with Crippen LogP contribution in [-0.4, -0.2) is 36.9 Å². The van der Waals surface area contributed by atoms with Gasteiger partial charge >= 0.3 is 11.9 Å². The fourth-order valence-electron chi connectivity index (χ4n) is 0.341. The molecular weight excluding hydrogens is 152 g/mol. The summed E-state index contributed by atoms with van der Waals surface area (Å²) >= 11 is 0. The quantitative estimate of drug-likeness (QED) is 0.530. The maximum atomic E-state index is 10.5. The molecule has 0 saturated heterocycles. The highest BCUT2D eigenvalue weighted by atomic mass is 16.6. The van der Waals surface area contributed by atoms with E-state index < -0.39 is 18.5 Å². The molecule has 0 unspecified atom stereocenters. The summed E-state index contributed by atoms with van der Waals surface area (Å²) in [7, 11) is 0. The van der Waals surface area contributed by atoms with Crippen molar-refractivity contribution in [3.63, 3.8) is 0 Å². The lowest BCUT2D eigenvalue weighted by Crippen LogP contribution is -2.16. The van der Waals surface area contributed by atoms with Gasteiger partial charge in [-0.1, -0.05) is 0 Å². The maximum Gasteiger partial charge on any atom is 0.344 e. The molecule has 0 atom stereocenters. The van der Waals surface area contributed by atoms with Crippen LogP contribution >= 0.6 is 0 Å². The Bertz CT molecular complexity index is 142. The SMILES string of the molecule is [CH2]C(=O)OCC(=O)OCCO. The van der Waals surface area contributed by atoms with E-state index >= 15 is 0 Å². The van der Waals surface area contributed by atoms with Gasteiger partial charge in [-0.05, 0) is 0 Å². The van der Waals surface area contributed by atoms with Gasteiger partial charge in [0.15, 0.2) is 6.61 Å². The van der Waals surface area contributed by atoms with Gasteiger partial charge in [-0.3, -0.25) is 4.79 Å². The largest absolute Gasteiger partial charge is 0.461 e. The van der Waals surface area contributed by atoms with Crippen LogP contribution in [-0.2, 0) is 19.1 Å². The first-order chi connectivity index (χ1) is 5.16. The topological polar surface area (TPSA) is 72.8 Å². The van der Waals surface area contributed by atoms with Crippen LogP contribution in [0.3, 0.4) is 0 Å². The third-order valence-corrected chi connectivity index (χ3v) is 0.705. The first kappa shape index (κ1) is 9.90. The number of aliphatic hydroxyl groups is 1. The monoisotopic (exact) mass is 161 g/mol. The predicted molar refractivity (Wildman–Crippen MR) is 34.4 cm³/mol. The molecule has 63 valence electrons. The van der Waals surface area contributed by atoms with Crippen LogP contribution in [0.2, 0.25) is 0 Å². The average molecular weight is 161 g/mol. The van der Waals surface area contributed by atoms with Crippen LogP contribution in [0, 0.1) is 6.92 Å². The van der Waals surface area contributed by atoms with E-state index in [4.69, 9.17) is 5.11 Å². The number of esters is 2. The standard InChI is InChI=1S/C6H9O5/c1-5(8)11-4-6(9)10-3-2-7/h7H,1-4H2. The zero-order chi connectivity index (χ0) is 8.69. The Kier molecular flexibility index (Phi) is 5.10. The van der Waals surface area contributed by atoms with Gasteiger partial charge in [-0.15, -0.1) is 0 Å². The molecule has 0 aromatic carbocycles. The zero-order valence-corrected chi connectivity index (χ0v) is 5.91. The minimum absolute atomic E-state index is 0.0898. The van der Waals surface area contributed by atoms with Crippen molar-refractivity contribution in [2.75, 3.05) is 19.8 Å². The molecule has 0 heterocycles. The minimum Gasteiger partial charge on any atom is -0.461 e. The van der Waals surface area contributed by atoms with E-state index in [9.17, 15) is 9.59 Å². The molecule has 0 aliphatic heterocycles. The van der Waals surface area contributed by atoms with E-state index in [0.717, 1.165) is 0 Å². The number of hydrogen-bond acceptors (Lipinski definition) is 5. The van der Waals surface area contributed by atoms with Crippen LogP contribution in [0.5, 0.6) is 0 Å². The lowest BCUT2D eigenvalue weighted by Gasteiger charge is -2.01. The summed E-state index contributed by atoms with van der Waals surface area (Å²) < 4.78 is 8.54. The molecule has 0 aromatic heterocycles. The van der Waals surface area contributed by atoms with E-state index in [1.54, 1.807) is 0 Å². The molecule has 0 fully saturated rings. The van der Waals surface area contributed by atoms with E-state index in [0.29, 0.717) is 0 Å². The van der Waals surface area contributed by atoms with Crippen molar-refractivity contribution in [3.8, 4) is 0 Å². The average Bonchev–Trinajstić information content (AvgIpc) is 1.97. The third-order valence-electron chi connectivity index (χ3n) is 0.705. The summed E-state index contributed by atoms with van der Waals surface area (Å²) in [6, 6.07) is 0. The van der Waals surface area contributed by atoms with Crippen LogP contribution in [0.15, 0.2) is 0 Å². The fourth-order valence-corrected chi connectivity index (χ4v) is 0.341. The number of ether oxygens (including phenoxy) is 2. The molecule has 0 spiro atoms. The molecule has 5 heteroatoms. The van der Waals surface area contributed by atoms with Gasteiger partial charge in [0, 0.05) is 0 Å². The van der Waals surface area contributed by atoms with E-state index in [1.807, 2.05) is 0 Å².